The van der Waals surface area contributed by atoms with Crippen LogP contribution in [0.25, 0.3) is 11.4 Å². The van der Waals surface area contributed by atoms with E-state index in [2.05, 4.69) is 47.3 Å². The summed E-state index contributed by atoms with van der Waals surface area (Å²) in [5, 5.41) is 13.2. The Hall–Kier alpha value is -2.82. The minimum Gasteiger partial charge on any atom is -0.368 e. The van der Waals surface area contributed by atoms with Gasteiger partial charge in [-0.1, -0.05) is 21.1 Å². The zero-order chi connectivity index (χ0) is 24.7. The Morgan fingerprint density at radius 2 is 1.83 bits per heavy atom. The maximum absolute atomic E-state index is 13.2. The smallest absolute Gasteiger partial charge is 0.254 e. The van der Waals surface area contributed by atoms with Gasteiger partial charge in [0, 0.05) is 16.6 Å². The highest BCUT2D eigenvalue weighted by atomic mass is 79.9. The molecule has 0 radical (unpaired) electrons. The van der Waals surface area contributed by atoms with Crippen LogP contribution in [0.1, 0.15) is 39.1 Å². The number of rotatable bonds is 4. The van der Waals surface area contributed by atoms with E-state index in [4.69, 9.17) is 4.74 Å². The first-order chi connectivity index (χ1) is 16.8. The molecule has 1 aliphatic heterocycles. The summed E-state index contributed by atoms with van der Waals surface area (Å²) in [6.45, 7) is 7.38. The highest BCUT2D eigenvalue weighted by molar-refractivity contribution is 9.10. The van der Waals surface area contributed by atoms with Crippen LogP contribution in [0.15, 0.2) is 57.6 Å². The maximum Gasteiger partial charge on any atom is 0.254 e. The first-order valence-corrected chi connectivity index (χ1v) is 12.8. The monoisotopic (exact) mass is 598 g/mol. The number of aromatic nitrogens is 5. The number of carbonyl (C=O) groups is 1. The summed E-state index contributed by atoms with van der Waals surface area (Å²) in [5.41, 5.74) is 6.21. The van der Waals surface area contributed by atoms with Crippen molar-refractivity contribution in [2.24, 2.45) is 0 Å². The summed E-state index contributed by atoms with van der Waals surface area (Å²) < 4.78 is 11.5. The van der Waals surface area contributed by atoms with Crippen molar-refractivity contribution in [2.45, 2.75) is 26.9 Å². The minimum atomic E-state index is -0.332. The van der Waals surface area contributed by atoms with Crippen molar-refractivity contribution in [3.63, 3.8) is 0 Å². The topological polar surface area (TPSA) is 78.1 Å². The Morgan fingerprint density at radius 1 is 1.06 bits per heavy atom. The second kappa shape index (κ2) is 9.67. The second-order valence-electron chi connectivity index (χ2n) is 8.63. The van der Waals surface area contributed by atoms with Crippen LogP contribution in [0.2, 0.25) is 0 Å². The molecule has 4 aromatic rings. The molecule has 180 valence electrons. The summed E-state index contributed by atoms with van der Waals surface area (Å²) in [6.07, 6.45) is 1.53. The number of hydrogen-bond donors (Lipinski definition) is 0. The molecule has 0 saturated carbocycles. The molecule has 1 unspecified atom stereocenters. The number of morpholine rings is 1. The zero-order valence-corrected chi connectivity index (χ0v) is 22.7. The predicted octanol–water partition coefficient (Wildman–Crippen LogP) is 5.12. The lowest BCUT2D eigenvalue weighted by atomic mass is 10.1. The Labute approximate surface area is 220 Å². The molecule has 0 aliphatic carbocycles. The average molecular weight is 600 g/mol. The molecule has 0 bridgehead atoms. The van der Waals surface area contributed by atoms with Crippen LogP contribution in [0, 0.1) is 20.8 Å². The largest absolute Gasteiger partial charge is 0.368 e. The lowest BCUT2D eigenvalue weighted by Crippen LogP contribution is -2.42. The van der Waals surface area contributed by atoms with E-state index in [0.717, 1.165) is 37.3 Å². The van der Waals surface area contributed by atoms with Crippen molar-refractivity contribution in [1.82, 2.24) is 29.7 Å². The van der Waals surface area contributed by atoms with Crippen molar-refractivity contribution in [1.29, 1.82) is 0 Å². The van der Waals surface area contributed by atoms with Gasteiger partial charge in [-0.05, 0) is 84.7 Å². The maximum atomic E-state index is 13.2. The molecule has 10 heteroatoms. The molecule has 1 aliphatic rings. The number of nitrogens with zero attached hydrogens (tertiary/aromatic N) is 6. The molecule has 8 nitrogen and oxygen atoms in total. The standard InChI is InChI=1S/C25H24Br2N6O2/c1-15-10-19(26)12-21(11-15)32-13-22(28-30-32)23-14-31(8-9-35-23)25(34)18-4-6-20(7-5-18)33-17(3)24(27)16(2)29-33/h4-7,10-13,23H,8-9,14H2,1-3H3. The van der Waals surface area contributed by atoms with E-state index in [1.165, 1.54) is 0 Å². The molecule has 35 heavy (non-hydrogen) atoms. The second-order valence-corrected chi connectivity index (χ2v) is 10.3. The Kier molecular flexibility index (Phi) is 6.61. The molecule has 1 amide bonds. The predicted molar refractivity (Wildman–Crippen MR) is 139 cm³/mol. The third kappa shape index (κ3) is 4.82. The lowest BCUT2D eigenvalue weighted by Gasteiger charge is -2.32. The van der Waals surface area contributed by atoms with E-state index in [1.54, 1.807) is 4.68 Å². The number of hydrogen-bond acceptors (Lipinski definition) is 5. The number of amides is 1. The fraction of sp³-hybridized carbons (Fsp3) is 0.280. The van der Waals surface area contributed by atoms with E-state index >= 15 is 0 Å². The van der Waals surface area contributed by atoms with Gasteiger partial charge in [0.15, 0.2) is 0 Å². The van der Waals surface area contributed by atoms with Gasteiger partial charge < -0.3 is 9.64 Å². The molecule has 0 N–H and O–H groups in total. The molecule has 2 aromatic carbocycles. The molecule has 1 atom stereocenters. The first-order valence-electron chi connectivity index (χ1n) is 11.2. The number of halogens is 2. The van der Waals surface area contributed by atoms with Crippen LogP contribution in [0.4, 0.5) is 0 Å². The summed E-state index contributed by atoms with van der Waals surface area (Å²) in [7, 11) is 0. The van der Waals surface area contributed by atoms with E-state index in [-0.39, 0.29) is 12.0 Å². The van der Waals surface area contributed by atoms with Crippen LogP contribution in [0.3, 0.4) is 0 Å². The van der Waals surface area contributed by atoms with Gasteiger partial charge in [0.25, 0.3) is 5.91 Å². The number of benzene rings is 2. The third-order valence-corrected chi connectivity index (χ3v) is 7.65. The van der Waals surface area contributed by atoms with Gasteiger partial charge in [0.2, 0.25) is 0 Å². The van der Waals surface area contributed by atoms with Crippen LogP contribution in [-0.4, -0.2) is 55.3 Å². The van der Waals surface area contributed by atoms with Gasteiger partial charge in [-0.2, -0.15) is 5.10 Å². The summed E-state index contributed by atoms with van der Waals surface area (Å²) in [6, 6.07) is 13.6. The third-order valence-electron chi connectivity index (χ3n) is 6.05. The van der Waals surface area contributed by atoms with Crippen LogP contribution >= 0.6 is 31.9 Å². The molecule has 1 saturated heterocycles. The number of aryl methyl sites for hydroxylation is 2. The summed E-state index contributed by atoms with van der Waals surface area (Å²) >= 11 is 7.09. The lowest BCUT2D eigenvalue weighted by molar-refractivity contribution is -0.0247. The van der Waals surface area contributed by atoms with Crippen LogP contribution < -0.4 is 0 Å². The summed E-state index contributed by atoms with van der Waals surface area (Å²) in [5.74, 6) is -0.0330. The van der Waals surface area contributed by atoms with Crippen molar-refractivity contribution in [2.75, 3.05) is 19.7 Å². The first kappa shape index (κ1) is 23.9. The van der Waals surface area contributed by atoms with E-state index in [0.29, 0.717) is 31.0 Å². The van der Waals surface area contributed by atoms with Gasteiger partial charge in [-0.3, -0.25) is 4.79 Å². The normalized spacial score (nSPS) is 16.0. The SMILES string of the molecule is Cc1cc(Br)cc(-n2cc(C3CN(C(=O)c4ccc(-n5nc(C)c(Br)c5C)cc4)CCO3)nn2)c1. The number of carbonyl (C=O) groups excluding carboxylic acids is 1. The molecule has 3 heterocycles. The fourth-order valence-corrected chi connectivity index (χ4v) is 5.06. The van der Waals surface area contributed by atoms with Gasteiger partial charge in [-0.25, -0.2) is 9.36 Å². The molecule has 2 aromatic heterocycles. The van der Waals surface area contributed by atoms with Crippen molar-refractivity contribution in [3.8, 4) is 11.4 Å². The molecule has 1 fully saturated rings. The molecular weight excluding hydrogens is 576 g/mol. The minimum absolute atomic E-state index is 0.0330. The number of ether oxygens (including phenoxy) is 1. The Morgan fingerprint density at radius 3 is 2.51 bits per heavy atom. The Bertz CT molecular complexity index is 1380. The van der Waals surface area contributed by atoms with E-state index < -0.39 is 0 Å². The van der Waals surface area contributed by atoms with Gasteiger partial charge in [0.1, 0.15) is 11.8 Å². The van der Waals surface area contributed by atoms with E-state index in [1.807, 2.05) is 79.0 Å². The van der Waals surface area contributed by atoms with Crippen molar-refractivity contribution in [3.05, 3.63) is 85.8 Å². The highest BCUT2D eigenvalue weighted by Crippen LogP contribution is 2.25. The molecule has 5 rings (SSSR count). The van der Waals surface area contributed by atoms with E-state index in [9.17, 15) is 4.79 Å². The van der Waals surface area contributed by atoms with Crippen molar-refractivity contribution >= 4 is 37.8 Å². The molecule has 0 spiro atoms. The fourth-order valence-electron chi connectivity index (χ4n) is 4.22. The quantitative estimate of drug-likeness (QED) is 0.325. The Balaban J connectivity index is 1.31. The highest BCUT2D eigenvalue weighted by Gasteiger charge is 2.28. The van der Waals surface area contributed by atoms with Crippen molar-refractivity contribution < 1.29 is 9.53 Å². The van der Waals surface area contributed by atoms with Crippen LogP contribution in [-0.2, 0) is 4.74 Å². The molecular formula is C25H24Br2N6O2. The van der Waals surface area contributed by atoms with Gasteiger partial charge >= 0.3 is 0 Å². The zero-order valence-electron chi connectivity index (χ0n) is 19.6. The van der Waals surface area contributed by atoms with Gasteiger partial charge in [0.05, 0.1) is 46.6 Å². The van der Waals surface area contributed by atoms with Crippen LogP contribution in [0.5, 0.6) is 0 Å². The van der Waals surface area contributed by atoms with Gasteiger partial charge in [-0.15, -0.1) is 5.10 Å². The summed E-state index contributed by atoms with van der Waals surface area (Å²) in [4.78, 5) is 15.1. The average Bonchev–Trinajstić information content (AvgIpc) is 3.45.